The van der Waals surface area contributed by atoms with Crippen molar-refractivity contribution in [3.8, 4) is 0 Å². The van der Waals surface area contributed by atoms with E-state index >= 15 is 0 Å². The minimum absolute atomic E-state index is 0.0717. The van der Waals surface area contributed by atoms with Crippen LogP contribution in [0.4, 0.5) is 0 Å². The third kappa shape index (κ3) is 3.51. The molecule has 1 saturated heterocycles. The van der Waals surface area contributed by atoms with Gasteiger partial charge in [0.15, 0.2) is 0 Å². The highest BCUT2D eigenvalue weighted by molar-refractivity contribution is 5.82. The summed E-state index contributed by atoms with van der Waals surface area (Å²) in [5, 5.41) is 0. The summed E-state index contributed by atoms with van der Waals surface area (Å²) in [6.45, 7) is 5.05. The SMILES string of the molecule is Cc1ccccc1C1CC(C)N(C(=O)[C@@H](N)Cc2ccccc2)C1. The first-order chi connectivity index (χ1) is 11.6. The first-order valence-corrected chi connectivity index (χ1v) is 8.71. The second kappa shape index (κ2) is 7.18. The van der Waals surface area contributed by atoms with Crippen molar-refractivity contribution in [3.05, 3.63) is 71.3 Å². The molecule has 0 radical (unpaired) electrons. The molecule has 3 nitrogen and oxygen atoms in total. The minimum Gasteiger partial charge on any atom is -0.338 e. The largest absolute Gasteiger partial charge is 0.338 e. The monoisotopic (exact) mass is 322 g/mol. The molecule has 1 amide bonds. The van der Waals surface area contributed by atoms with Crippen molar-refractivity contribution in [3.63, 3.8) is 0 Å². The van der Waals surface area contributed by atoms with Crippen LogP contribution < -0.4 is 5.73 Å². The number of hydrogen-bond donors (Lipinski definition) is 1. The highest BCUT2D eigenvalue weighted by Crippen LogP contribution is 2.33. The van der Waals surface area contributed by atoms with Crippen LogP contribution >= 0.6 is 0 Å². The number of nitrogens with two attached hydrogens (primary N) is 1. The fourth-order valence-electron chi connectivity index (χ4n) is 3.78. The molecular weight excluding hydrogens is 296 g/mol. The Morgan fingerprint density at radius 3 is 2.54 bits per heavy atom. The fourth-order valence-corrected chi connectivity index (χ4v) is 3.78. The average Bonchev–Trinajstić information content (AvgIpc) is 2.97. The highest BCUT2D eigenvalue weighted by Gasteiger charge is 2.35. The summed E-state index contributed by atoms with van der Waals surface area (Å²) in [5.74, 6) is 0.483. The Morgan fingerprint density at radius 1 is 1.17 bits per heavy atom. The molecule has 0 aliphatic carbocycles. The Bertz CT molecular complexity index is 698. The van der Waals surface area contributed by atoms with Crippen molar-refractivity contribution in [2.75, 3.05) is 6.54 Å². The molecule has 2 N–H and O–H groups in total. The Balaban J connectivity index is 1.68. The van der Waals surface area contributed by atoms with E-state index in [1.54, 1.807) is 0 Å². The van der Waals surface area contributed by atoms with Gasteiger partial charge in [0.2, 0.25) is 5.91 Å². The molecule has 126 valence electrons. The summed E-state index contributed by atoms with van der Waals surface area (Å²) >= 11 is 0. The van der Waals surface area contributed by atoms with Gasteiger partial charge in [0.05, 0.1) is 6.04 Å². The van der Waals surface area contributed by atoms with Crippen LogP contribution in [-0.4, -0.2) is 29.4 Å². The maximum atomic E-state index is 12.8. The molecule has 0 bridgehead atoms. The first kappa shape index (κ1) is 16.7. The normalized spacial score (nSPS) is 21.7. The highest BCUT2D eigenvalue weighted by atomic mass is 16.2. The lowest BCUT2D eigenvalue weighted by molar-refractivity contribution is -0.133. The van der Waals surface area contributed by atoms with Crippen LogP contribution in [0.15, 0.2) is 54.6 Å². The zero-order valence-corrected chi connectivity index (χ0v) is 14.5. The van der Waals surface area contributed by atoms with Gasteiger partial charge in [0.1, 0.15) is 0 Å². The quantitative estimate of drug-likeness (QED) is 0.939. The summed E-state index contributed by atoms with van der Waals surface area (Å²) in [6.07, 6.45) is 1.60. The van der Waals surface area contributed by atoms with Gasteiger partial charge in [-0.1, -0.05) is 54.6 Å². The van der Waals surface area contributed by atoms with Crippen molar-refractivity contribution in [1.82, 2.24) is 4.90 Å². The van der Waals surface area contributed by atoms with E-state index in [9.17, 15) is 4.79 Å². The van der Waals surface area contributed by atoms with E-state index in [0.717, 1.165) is 18.5 Å². The Labute approximate surface area is 144 Å². The second-order valence-electron chi connectivity index (χ2n) is 6.93. The molecular formula is C21H26N2O. The van der Waals surface area contributed by atoms with Gasteiger partial charge < -0.3 is 10.6 Å². The summed E-state index contributed by atoms with van der Waals surface area (Å²) < 4.78 is 0. The van der Waals surface area contributed by atoms with Crippen LogP contribution in [0.2, 0.25) is 0 Å². The maximum Gasteiger partial charge on any atom is 0.240 e. The van der Waals surface area contributed by atoms with Gasteiger partial charge in [0.25, 0.3) is 0 Å². The average molecular weight is 322 g/mol. The standard InChI is InChI=1S/C21H26N2O/c1-15-8-6-7-11-19(15)18-12-16(2)23(14-18)21(24)20(22)13-17-9-4-3-5-10-17/h3-11,16,18,20H,12-14,22H2,1-2H3/t16?,18?,20-/m0/s1. The van der Waals surface area contributed by atoms with Crippen LogP contribution in [0.3, 0.4) is 0 Å². The molecule has 1 aliphatic rings. The number of aryl methyl sites for hydroxylation is 1. The molecule has 2 aromatic carbocycles. The summed E-state index contributed by atoms with van der Waals surface area (Å²) in [7, 11) is 0. The van der Waals surface area contributed by atoms with Gasteiger partial charge in [-0.2, -0.15) is 0 Å². The van der Waals surface area contributed by atoms with Gasteiger partial charge in [-0.25, -0.2) is 0 Å². The molecule has 0 saturated carbocycles. The topological polar surface area (TPSA) is 46.3 Å². The molecule has 3 heteroatoms. The molecule has 1 aliphatic heterocycles. The van der Waals surface area contributed by atoms with Gasteiger partial charge in [0, 0.05) is 18.5 Å². The number of amides is 1. The van der Waals surface area contributed by atoms with E-state index in [4.69, 9.17) is 5.73 Å². The molecule has 0 aromatic heterocycles. The molecule has 24 heavy (non-hydrogen) atoms. The van der Waals surface area contributed by atoms with Gasteiger partial charge in [-0.05, 0) is 43.4 Å². The number of carbonyl (C=O) groups is 1. The molecule has 3 atom stereocenters. The zero-order valence-electron chi connectivity index (χ0n) is 14.5. The lowest BCUT2D eigenvalue weighted by Gasteiger charge is -2.25. The van der Waals surface area contributed by atoms with Crippen molar-refractivity contribution in [2.24, 2.45) is 5.73 Å². The fraction of sp³-hybridized carbons (Fsp3) is 0.381. The van der Waals surface area contributed by atoms with Crippen molar-refractivity contribution < 1.29 is 4.79 Å². The number of nitrogens with zero attached hydrogens (tertiary/aromatic N) is 1. The van der Waals surface area contributed by atoms with Crippen molar-refractivity contribution in [2.45, 2.75) is 44.7 Å². The Hall–Kier alpha value is -2.13. The molecule has 2 aromatic rings. The summed E-state index contributed by atoms with van der Waals surface area (Å²) in [5.41, 5.74) is 9.99. The van der Waals surface area contributed by atoms with E-state index in [2.05, 4.69) is 38.1 Å². The predicted molar refractivity (Wildman–Crippen MR) is 97.8 cm³/mol. The molecule has 3 rings (SSSR count). The smallest absolute Gasteiger partial charge is 0.240 e. The van der Waals surface area contributed by atoms with Crippen LogP contribution in [0.5, 0.6) is 0 Å². The maximum absolute atomic E-state index is 12.8. The minimum atomic E-state index is -0.467. The third-order valence-electron chi connectivity index (χ3n) is 5.10. The van der Waals surface area contributed by atoms with E-state index in [-0.39, 0.29) is 11.9 Å². The van der Waals surface area contributed by atoms with E-state index in [1.807, 2.05) is 35.2 Å². The first-order valence-electron chi connectivity index (χ1n) is 8.71. The summed E-state index contributed by atoms with van der Waals surface area (Å²) in [4.78, 5) is 14.8. The second-order valence-corrected chi connectivity index (χ2v) is 6.93. The molecule has 0 spiro atoms. The Kier molecular flexibility index (Phi) is 5.00. The van der Waals surface area contributed by atoms with Crippen molar-refractivity contribution >= 4 is 5.91 Å². The van der Waals surface area contributed by atoms with Crippen LogP contribution in [0.1, 0.15) is 36.0 Å². The van der Waals surface area contributed by atoms with E-state index < -0.39 is 6.04 Å². The van der Waals surface area contributed by atoms with Crippen LogP contribution in [-0.2, 0) is 11.2 Å². The van der Waals surface area contributed by atoms with Crippen LogP contribution in [0, 0.1) is 6.92 Å². The van der Waals surface area contributed by atoms with E-state index in [1.165, 1.54) is 11.1 Å². The number of benzene rings is 2. The lowest BCUT2D eigenvalue weighted by atomic mass is 9.93. The third-order valence-corrected chi connectivity index (χ3v) is 5.10. The van der Waals surface area contributed by atoms with Crippen molar-refractivity contribution in [1.29, 1.82) is 0 Å². The zero-order chi connectivity index (χ0) is 17.1. The van der Waals surface area contributed by atoms with E-state index in [0.29, 0.717) is 12.3 Å². The summed E-state index contributed by atoms with van der Waals surface area (Å²) in [6, 6.07) is 18.2. The van der Waals surface area contributed by atoms with Crippen LogP contribution in [0.25, 0.3) is 0 Å². The molecule has 1 fully saturated rings. The van der Waals surface area contributed by atoms with Gasteiger partial charge >= 0.3 is 0 Å². The van der Waals surface area contributed by atoms with Gasteiger partial charge in [-0.3, -0.25) is 4.79 Å². The molecule has 1 heterocycles. The number of hydrogen-bond acceptors (Lipinski definition) is 2. The molecule has 2 unspecified atom stereocenters. The predicted octanol–water partition coefficient (Wildman–Crippen LogP) is 3.27. The lowest BCUT2D eigenvalue weighted by Crippen LogP contribution is -2.46. The van der Waals surface area contributed by atoms with Gasteiger partial charge in [-0.15, -0.1) is 0 Å². The number of likely N-dealkylation sites (tertiary alicyclic amines) is 1. The number of rotatable bonds is 4. The number of carbonyl (C=O) groups excluding carboxylic acids is 1. The Morgan fingerprint density at radius 2 is 1.83 bits per heavy atom.